The van der Waals surface area contributed by atoms with Gasteiger partial charge in [-0.25, -0.2) is 0 Å². The van der Waals surface area contributed by atoms with Crippen molar-refractivity contribution < 1.29 is 0 Å². The number of rotatable bonds is 6. The van der Waals surface area contributed by atoms with Gasteiger partial charge in [-0.15, -0.1) is 12.8 Å². The van der Waals surface area contributed by atoms with E-state index < -0.39 is 0 Å². The van der Waals surface area contributed by atoms with Crippen LogP contribution in [0.1, 0.15) is 66.7 Å². The highest BCUT2D eigenvalue weighted by Gasteiger charge is 2.29. The second-order valence-electron chi connectivity index (χ2n) is 4.37. The Balaban J connectivity index is 0. The average molecular weight is 196 g/mol. The maximum Gasteiger partial charge on any atom is -0.0277 e. The third-order valence-corrected chi connectivity index (χ3v) is 3.42. The quantitative estimate of drug-likeness (QED) is 0.531. The molecule has 0 fully saturated rings. The van der Waals surface area contributed by atoms with Gasteiger partial charge < -0.3 is 0 Å². The van der Waals surface area contributed by atoms with Crippen LogP contribution < -0.4 is 0 Å². The number of hydrogen-bond acceptors (Lipinski definition) is 0. The van der Waals surface area contributed by atoms with Crippen molar-refractivity contribution in [3.8, 4) is 12.8 Å². The molecule has 0 amide bonds. The van der Waals surface area contributed by atoms with Crippen LogP contribution in [0.15, 0.2) is 0 Å². The lowest BCUT2D eigenvalue weighted by molar-refractivity contribution is 0.143. The summed E-state index contributed by atoms with van der Waals surface area (Å²) < 4.78 is 0. The van der Waals surface area contributed by atoms with E-state index in [1.165, 1.54) is 32.1 Å². The van der Waals surface area contributed by atoms with Gasteiger partial charge in [-0.1, -0.05) is 53.9 Å². The predicted octanol–water partition coefficient (Wildman–Crippen LogP) is 4.89. The number of hydrogen-bond donors (Lipinski definition) is 0. The van der Waals surface area contributed by atoms with Crippen molar-refractivity contribution in [1.82, 2.24) is 0 Å². The van der Waals surface area contributed by atoms with Gasteiger partial charge in [0.2, 0.25) is 0 Å². The van der Waals surface area contributed by atoms with Gasteiger partial charge in [-0.2, -0.15) is 0 Å². The molecule has 84 valence electrons. The van der Waals surface area contributed by atoms with Crippen LogP contribution in [0.3, 0.4) is 0 Å². The van der Waals surface area contributed by atoms with Crippen LogP contribution in [0.5, 0.6) is 0 Å². The average Bonchev–Trinajstić information content (AvgIpc) is 2.20. The molecule has 0 bridgehead atoms. The highest BCUT2D eigenvalue weighted by Crippen LogP contribution is 2.40. The predicted molar refractivity (Wildman–Crippen MR) is 67.3 cm³/mol. The third-order valence-electron chi connectivity index (χ3n) is 3.42. The Morgan fingerprint density at radius 2 is 1.29 bits per heavy atom. The van der Waals surface area contributed by atoms with Gasteiger partial charge in [-0.05, 0) is 24.2 Å². The lowest BCUT2D eigenvalue weighted by atomic mass is 9.69. The molecule has 0 saturated heterocycles. The fourth-order valence-corrected chi connectivity index (χ4v) is 2.46. The summed E-state index contributed by atoms with van der Waals surface area (Å²) >= 11 is 0. The van der Waals surface area contributed by atoms with Crippen molar-refractivity contribution in [2.24, 2.45) is 11.3 Å². The minimum atomic E-state index is 0.642. The SMILES string of the molecule is C#C.CCCC(CC)(CCC)C(C)C. The second kappa shape index (κ2) is 9.13. The molecule has 0 unspecified atom stereocenters. The van der Waals surface area contributed by atoms with Crippen molar-refractivity contribution in [1.29, 1.82) is 0 Å². The first kappa shape index (κ1) is 16.0. The molecule has 0 spiro atoms. The van der Waals surface area contributed by atoms with Gasteiger partial charge in [0, 0.05) is 0 Å². The summed E-state index contributed by atoms with van der Waals surface area (Å²) in [7, 11) is 0. The molecule has 0 radical (unpaired) electrons. The van der Waals surface area contributed by atoms with Gasteiger partial charge >= 0.3 is 0 Å². The molecule has 0 rings (SSSR count). The second-order valence-corrected chi connectivity index (χ2v) is 4.37. The van der Waals surface area contributed by atoms with E-state index in [4.69, 9.17) is 0 Å². The summed E-state index contributed by atoms with van der Waals surface area (Å²) in [6.07, 6.45) is 14.9. The van der Waals surface area contributed by atoms with E-state index in [1.807, 2.05) is 0 Å². The topological polar surface area (TPSA) is 0 Å². The monoisotopic (exact) mass is 196 g/mol. The zero-order valence-corrected chi connectivity index (χ0v) is 10.8. The van der Waals surface area contributed by atoms with E-state index in [2.05, 4.69) is 47.5 Å². The van der Waals surface area contributed by atoms with E-state index in [0.29, 0.717) is 5.41 Å². The fraction of sp³-hybridized carbons (Fsp3) is 0.857. The van der Waals surface area contributed by atoms with Crippen molar-refractivity contribution in [3.63, 3.8) is 0 Å². The zero-order valence-electron chi connectivity index (χ0n) is 10.8. The molecule has 0 nitrogen and oxygen atoms in total. The number of terminal acetylenes is 1. The summed E-state index contributed by atoms with van der Waals surface area (Å²) in [6, 6.07) is 0. The molecule has 0 atom stereocenters. The smallest absolute Gasteiger partial charge is 0.0277 e. The Morgan fingerprint density at radius 1 is 0.929 bits per heavy atom. The van der Waals surface area contributed by atoms with E-state index in [1.54, 1.807) is 0 Å². The van der Waals surface area contributed by atoms with Crippen molar-refractivity contribution in [2.75, 3.05) is 0 Å². The van der Waals surface area contributed by atoms with Gasteiger partial charge in [0.15, 0.2) is 0 Å². The maximum absolute atomic E-state index is 4.00. The van der Waals surface area contributed by atoms with E-state index in [9.17, 15) is 0 Å². The van der Waals surface area contributed by atoms with Gasteiger partial charge in [0.05, 0.1) is 0 Å². The van der Waals surface area contributed by atoms with Gasteiger partial charge in [-0.3, -0.25) is 0 Å². The lowest BCUT2D eigenvalue weighted by Gasteiger charge is -2.36. The molecule has 0 N–H and O–H groups in total. The minimum absolute atomic E-state index is 0.642. The summed E-state index contributed by atoms with van der Waals surface area (Å²) in [5.74, 6) is 0.849. The Bertz CT molecular complexity index is 124. The van der Waals surface area contributed by atoms with E-state index in [-0.39, 0.29) is 0 Å². The molecule has 0 saturated carbocycles. The largest absolute Gasteiger partial charge is 0.124 e. The third kappa shape index (κ3) is 4.70. The first-order valence-corrected chi connectivity index (χ1v) is 5.96. The summed E-state index contributed by atoms with van der Waals surface area (Å²) in [4.78, 5) is 0. The van der Waals surface area contributed by atoms with Crippen LogP contribution in [0, 0.1) is 24.2 Å². The first-order chi connectivity index (χ1) is 6.63. The molecule has 0 heterocycles. The van der Waals surface area contributed by atoms with Gasteiger partial charge in [0.25, 0.3) is 0 Å². The minimum Gasteiger partial charge on any atom is -0.124 e. The van der Waals surface area contributed by atoms with Crippen molar-refractivity contribution >= 4 is 0 Å². The maximum atomic E-state index is 4.00. The van der Waals surface area contributed by atoms with Gasteiger partial charge in [0.1, 0.15) is 0 Å². The summed E-state index contributed by atoms with van der Waals surface area (Å²) in [5.41, 5.74) is 0.642. The Hall–Kier alpha value is -0.440. The van der Waals surface area contributed by atoms with E-state index >= 15 is 0 Å². The standard InChI is InChI=1S/C12H26.C2H2/c1-6-9-12(8-3,10-7-2)11(4)5;1-2/h11H,6-10H2,1-5H3;1-2H. The summed E-state index contributed by atoms with van der Waals surface area (Å²) in [5, 5.41) is 0. The molecule has 14 heavy (non-hydrogen) atoms. The summed E-state index contributed by atoms with van der Waals surface area (Å²) in [6.45, 7) is 11.7. The fourth-order valence-electron chi connectivity index (χ4n) is 2.46. The van der Waals surface area contributed by atoms with Crippen LogP contribution in [0.2, 0.25) is 0 Å². The molecule has 0 aromatic rings. The highest BCUT2D eigenvalue weighted by molar-refractivity contribution is 4.80. The highest BCUT2D eigenvalue weighted by atomic mass is 14.3. The van der Waals surface area contributed by atoms with Crippen LogP contribution >= 0.6 is 0 Å². The Kier molecular flexibility index (Phi) is 10.4. The van der Waals surface area contributed by atoms with Crippen LogP contribution in [-0.2, 0) is 0 Å². The zero-order chi connectivity index (χ0) is 11.6. The molecule has 0 aromatic heterocycles. The van der Waals surface area contributed by atoms with E-state index in [0.717, 1.165) is 5.92 Å². The van der Waals surface area contributed by atoms with Crippen LogP contribution in [0.25, 0.3) is 0 Å². The molecule has 0 aromatic carbocycles. The molecular formula is C14H28. The lowest BCUT2D eigenvalue weighted by Crippen LogP contribution is -2.26. The first-order valence-electron chi connectivity index (χ1n) is 5.96. The Morgan fingerprint density at radius 3 is 1.43 bits per heavy atom. The van der Waals surface area contributed by atoms with Crippen molar-refractivity contribution in [3.05, 3.63) is 0 Å². The van der Waals surface area contributed by atoms with Crippen LogP contribution in [0.4, 0.5) is 0 Å². The Labute approximate surface area is 91.5 Å². The molecule has 0 aliphatic carbocycles. The molecule has 0 aliphatic rings. The van der Waals surface area contributed by atoms with Crippen molar-refractivity contribution in [2.45, 2.75) is 66.7 Å². The molecule has 0 aliphatic heterocycles. The normalized spacial score (nSPS) is 10.9. The molecular weight excluding hydrogens is 168 g/mol. The molecule has 0 heteroatoms. The van der Waals surface area contributed by atoms with Crippen LogP contribution in [-0.4, -0.2) is 0 Å².